The molecule has 0 spiro atoms. The third-order valence-electron chi connectivity index (χ3n) is 6.72. The highest BCUT2D eigenvalue weighted by Gasteiger charge is 2.44. The highest BCUT2D eigenvalue weighted by Crippen LogP contribution is 2.37. The minimum absolute atomic E-state index is 0.0122. The lowest BCUT2D eigenvalue weighted by Gasteiger charge is -2.36. The van der Waals surface area contributed by atoms with Crippen molar-refractivity contribution >= 4 is 51.5 Å². The van der Waals surface area contributed by atoms with E-state index < -0.39 is 35.1 Å². The number of fused-ring (bicyclic) bond motifs is 1. The van der Waals surface area contributed by atoms with Gasteiger partial charge in [-0.1, -0.05) is 29.7 Å². The topological polar surface area (TPSA) is 58.4 Å². The van der Waals surface area contributed by atoms with Crippen molar-refractivity contribution in [1.82, 2.24) is 19.6 Å². The Morgan fingerprint density at radius 2 is 2.00 bits per heavy atom. The fraction of sp³-hybridized carbons (Fsp3) is 0.296. The minimum Gasteiger partial charge on any atom is -0.289 e. The molecule has 5 rings (SSSR count). The minimum atomic E-state index is -4.57. The number of carbonyl (C=O) groups excluding carboxylic acids is 2. The third-order valence-corrected chi connectivity index (χ3v) is 7.84. The van der Waals surface area contributed by atoms with Gasteiger partial charge in [-0.3, -0.25) is 24.1 Å². The quantitative estimate of drug-likeness (QED) is 0.217. The molecule has 2 aliphatic heterocycles. The molecule has 3 heterocycles. The number of hydrogen-bond donors (Lipinski definition) is 0. The van der Waals surface area contributed by atoms with Crippen LogP contribution < -0.4 is 0 Å². The molecule has 2 aromatic carbocycles. The molecule has 0 aliphatic carbocycles. The molecule has 1 aromatic heterocycles. The molecule has 2 saturated heterocycles. The highest BCUT2D eigenvalue weighted by molar-refractivity contribution is 8.18. The first-order valence-corrected chi connectivity index (χ1v) is 13.1. The average molecular weight is 577 g/mol. The number of benzene rings is 2. The molecule has 2 aliphatic rings. The number of hydrogen-bond acceptors (Lipinski definition) is 5. The van der Waals surface area contributed by atoms with Crippen LogP contribution in [0.25, 0.3) is 17.0 Å². The number of likely N-dealkylation sites (tertiary alicyclic amines) is 1. The number of carbonyl (C=O) groups is 2. The van der Waals surface area contributed by atoms with Crippen molar-refractivity contribution in [2.75, 3.05) is 19.6 Å². The van der Waals surface area contributed by atoms with Gasteiger partial charge in [-0.05, 0) is 59.7 Å². The first-order chi connectivity index (χ1) is 18.5. The smallest absolute Gasteiger partial charge is 0.289 e. The van der Waals surface area contributed by atoms with E-state index in [1.165, 1.54) is 23.0 Å². The SMILES string of the molecule is C#CCN1CC[C@@H](N2C(=O)S/C(=C\c3ccc4c(cnn4Cc4ccc(Cl)cc4C(F)(F)F)c3)C2=O)[C@H](F)C1. The van der Waals surface area contributed by atoms with Crippen molar-refractivity contribution in [2.45, 2.75) is 31.4 Å². The number of imide groups is 1. The molecular formula is C27H21ClF4N4O2S. The van der Waals surface area contributed by atoms with Gasteiger partial charge in [0.2, 0.25) is 0 Å². The Bertz CT molecular complexity index is 1530. The van der Waals surface area contributed by atoms with Crippen LogP contribution in [0.3, 0.4) is 0 Å². The van der Waals surface area contributed by atoms with Gasteiger partial charge in [-0.25, -0.2) is 4.39 Å². The van der Waals surface area contributed by atoms with E-state index in [4.69, 9.17) is 18.0 Å². The molecule has 6 nitrogen and oxygen atoms in total. The molecule has 39 heavy (non-hydrogen) atoms. The van der Waals surface area contributed by atoms with Crippen LogP contribution in [0.5, 0.6) is 0 Å². The summed E-state index contributed by atoms with van der Waals surface area (Å²) in [6, 6.07) is 7.83. The van der Waals surface area contributed by atoms with Gasteiger partial charge in [-0.15, -0.1) is 6.42 Å². The Kier molecular flexibility index (Phi) is 7.46. The number of rotatable bonds is 5. The number of halogens is 5. The van der Waals surface area contributed by atoms with Gasteiger partial charge in [0.25, 0.3) is 11.1 Å². The van der Waals surface area contributed by atoms with Gasteiger partial charge in [-0.2, -0.15) is 18.3 Å². The zero-order valence-electron chi connectivity index (χ0n) is 20.3. The molecule has 0 bridgehead atoms. The Morgan fingerprint density at radius 3 is 2.72 bits per heavy atom. The first-order valence-electron chi connectivity index (χ1n) is 11.9. The number of nitrogens with zero attached hydrogens (tertiary/aromatic N) is 4. The molecule has 0 unspecified atom stereocenters. The predicted molar refractivity (Wildman–Crippen MR) is 142 cm³/mol. The lowest BCUT2D eigenvalue weighted by molar-refractivity contribution is -0.138. The summed E-state index contributed by atoms with van der Waals surface area (Å²) in [6.07, 6.45) is 2.68. The summed E-state index contributed by atoms with van der Waals surface area (Å²) < 4.78 is 56.8. The molecule has 2 amide bonds. The van der Waals surface area contributed by atoms with Crippen LogP contribution in [0.2, 0.25) is 5.02 Å². The van der Waals surface area contributed by atoms with Gasteiger partial charge in [0.1, 0.15) is 6.17 Å². The second-order valence-corrected chi connectivity index (χ2v) is 10.7. The fourth-order valence-corrected chi connectivity index (χ4v) is 5.93. The summed E-state index contributed by atoms with van der Waals surface area (Å²) in [5.74, 6) is 1.92. The van der Waals surface area contributed by atoms with Crippen LogP contribution >= 0.6 is 23.4 Å². The van der Waals surface area contributed by atoms with Gasteiger partial charge < -0.3 is 0 Å². The van der Waals surface area contributed by atoms with Gasteiger partial charge in [0.05, 0.1) is 41.3 Å². The summed E-state index contributed by atoms with van der Waals surface area (Å²) in [5, 5.41) is 4.34. The largest absolute Gasteiger partial charge is 0.416 e. The maximum Gasteiger partial charge on any atom is 0.416 e. The molecular weight excluding hydrogens is 556 g/mol. The summed E-state index contributed by atoms with van der Waals surface area (Å²) >= 11 is 6.53. The van der Waals surface area contributed by atoms with Crippen LogP contribution in [-0.2, 0) is 17.5 Å². The normalized spacial score (nSPS) is 21.7. The number of terminal acetylenes is 1. The van der Waals surface area contributed by atoms with E-state index in [1.807, 2.05) is 0 Å². The zero-order chi connectivity index (χ0) is 27.9. The van der Waals surface area contributed by atoms with E-state index in [1.54, 1.807) is 29.2 Å². The van der Waals surface area contributed by atoms with Crippen LogP contribution in [0.15, 0.2) is 47.5 Å². The van der Waals surface area contributed by atoms with Crippen molar-refractivity contribution in [3.05, 3.63) is 69.2 Å². The Labute approximate surface area is 230 Å². The standard InChI is InChI=1S/C27H21ClF4N4O2S/c1-2-8-34-9-7-23(21(29)15-34)36-25(37)24(39-26(36)38)11-16-3-6-22-18(10-16)13-33-35(22)14-17-4-5-19(28)12-20(17)27(30,31)32/h1,3-6,10-13,21,23H,7-9,14-15H2/b24-11-/t21-,23-/m1/s1. The van der Waals surface area contributed by atoms with E-state index in [-0.39, 0.29) is 28.6 Å². The highest BCUT2D eigenvalue weighted by atomic mass is 35.5. The summed E-state index contributed by atoms with van der Waals surface area (Å²) in [7, 11) is 0. The number of thioether (sulfide) groups is 1. The van der Waals surface area contributed by atoms with Crippen LogP contribution in [0.4, 0.5) is 22.4 Å². The Balaban J connectivity index is 1.36. The van der Waals surface area contributed by atoms with E-state index in [0.717, 1.165) is 22.7 Å². The number of aromatic nitrogens is 2. The number of amides is 2. The monoisotopic (exact) mass is 576 g/mol. The van der Waals surface area contributed by atoms with Crippen LogP contribution in [-0.4, -0.2) is 62.6 Å². The van der Waals surface area contributed by atoms with Crippen LogP contribution in [0, 0.1) is 12.3 Å². The Hall–Kier alpha value is -3.33. The van der Waals surface area contributed by atoms with Crippen molar-refractivity contribution in [2.24, 2.45) is 0 Å². The van der Waals surface area contributed by atoms with Gasteiger partial charge in [0.15, 0.2) is 0 Å². The van der Waals surface area contributed by atoms with E-state index in [0.29, 0.717) is 36.0 Å². The fourth-order valence-electron chi connectivity index (χ4n) is 4.87. The number of alkyl halides is 4. The molecule has 2 fully saturated rings. The van der Waals surface area contributed by atoms with Crippen LogP contribution in [0.1, 0.15) is 23.1 Å². The zero-order valence-corrected chi connectivity index (χ0v) is 21.9. The maximum atomic E-state index is 14.9. The average Bonchev–Trinajstić information content (AvgIpc) is 3.39. The molecule has 0 radical (unpaired) electrons. The molecule has 12 heteroatoms. The van der Waals surface area contributed by atoms with E-state index >= 15 is 0 Å². The van der Waals surface area contributed by atoms with Gasteiger partial charge >= 0.3 is 6.18 Å². The number of piperidine rings is 1. The third kappa shape index (κ3) is 5.55. The second kappa shape index (κ2) is 10.7. The van der Waals surface area contributed by atoms with Crippen molar-refractivity contribution in [3.8, 4) is 12.3 Å². The van der Waals surface area contributed by atoms with E-state index in [9.17, 15) is 27.2 Å². The lowest BCUT2D eigenvalue weighted by atomic mass is 10.0. The second-order valence-electron chi connectivity index (χ2n) is 9.28. The predicted octanol–water partition coefficient (Wildman–Crippen LogP) is 5.84. The van der Waals surface area contributed by atoms with Gasteiger partial charge in [0, 0.05) is 23.5 Å². The molecule has 0 N–H and O–H groups in total. The molecule has 2 atom stereocenters. The van der Waals surface area contributed by atoms with Crippen molar-refractivity contribution in [1.29, 1.82) is 0 Å². The Morgan fingerprint density at radius 1 is 1.21 bits per heavy atom. The molecule has 0 saturated carbocycles. The van der Waals surface area contributed by atoms with Crippen molar-refractivity contribution < 1.29 is 27.2 Å². The summed E-state index contributed by atoms with van der Waals surface area (Å²) in [5.41, 5.74) is 0.368. The molecule has 202 valence electrons. The molecule has 3 aromatic rings. The van der Waals surface area contributed by atoms with Crippen molar-refractivity contribution in [3.63, 3.8) is 0 Å². The summed E-state index contributed by atoms with van der Waals surface area (Å²) in [4.78, 5) is 28.7. The summed E-state index contributed by atoms with van der Waals surface area (Å²) in [6.45, 7) is 0.712. The maximum absolute atomic E-state index is 14.9. The van der Waals surface area contributed by atoms with E-state index in [2.05, 4.69) is 11.0 Å². The lowest BCUT2D eigenvalue weighted by Crippen LogP contribution is -2.53. The first kappa shape index (κ1) is 27.2.